The van der Waals surface area contributed by atoms with Gasteiger partial charge in [-0.15, -0.1) is 11.3 Å². The van der Waals surface area contributed by atoms with E-state index in [1.54, 1.807) is 17.4 Å². The van der Waals surface area contributed by atoms with E-state index in [-0.39, 0.29) is 11.7 Å². The minimum atomic E-state index is -0.281. The third kappa shape index (κ3) is 3.33. The number of nitrogens with zero attached hydrogens (tertiary/aromatic N) is 1. The first-order valence-electron chi connectivity index (χ1n) is 8.72. The molecular weight excluding hydrogens is 335 g/mol. The molecule has 1 aliphatic rings. The number of thiophene rings is 1. The van der Waals surface area contributed by atoms with Gasteiger partial charge in [0.1, 0.15) is 11.5 Å². The molecule has 2 aromatic heterocycles. The maximum atomic E-state index is 13.3. The van der Waals surface area contributed by atoms with Crippen molar-refractivity contribution in [1.29, 1.82) is 0 Å². The number of aromatic nitrogens is 1. The Labute approximate surface area is 150 Å². The molecule has 0 atom stereocenters. The van der Waals surface area contributed by atoms with Crippen LogP contribution in [-0.4, -0.2) is 10.5 Å². The lowest BCUT2D eigenvalue weighted by molar-refractivity contribution is 0.0939. The van der Waals surface area contributed by atoms with Crippen LogP contribution >= 0.6 is 11.3 Å². The smallest absolute Gasteiger partial charge is 0.268 e. The van der Waals surface area contributed by atoms with E-state index in [4.69, 9.17) is 0 Å². The minimum Gasteiger partial charge on any atom is -0.347 e. The average molecular weight is 356 g/mol. The van der Waals surface area contributed by atoms with Crippen LogP contribution in [-0.2, 0) is 13.1 Å². The van der Waals surface area contributed by atoms with E-state index in [9.17, 15) is 9.18 Å². The molecular formula is C20H21FN2OS. The summed E-state index contributed by atoms with van der Waals surface area (Å²) in [6.45, 7) is 3.34. The third-order valence-corrected chi connectivity index (χ3v) is 5.94. The van der Waals surface area contributed by atoms with Gasteiger partial charge in [0, 0.05) is 18.0 Å². The van der Waals surface area contributed by atoms with Gasteiger partial charge in [-0.3, -0.25) is 4.79 Å². The van der Waals surface area contributed by atoms with Crippen LogP contribution < -0.4 is 5.32 Å². The third-order valence-electron chi connectivity index (χ3n) is 4.95. The quantitative estimate of drug-likeness (QED) is 0.694. The number of benzene rings is 1. The van der Waals surface area contributed by atoms with Crippen LogP contribution in [0.1, 0.15) is 40.2 Å². The van der Waals surface area contributed by atoms with Gasteiger partial charge in [-0.25, -0.2) is 4.39 Å². The zero-order valence-corrected chi connectivity index (χ0v) is 15.0. The van der Waals surface area contributed by atoms with E-state index in [0.717, 1.165) is 22.3 Å². The van der Waals surface area contributed by atoms with Crippen LogP contribution in [0.5, 0.6) is 0 Å². The van der Waals surface area contributed by atoms with Crippen molar-refractivity contribution in [3.63, 3.8) is 0 Å². The van der Waals surface area contributed by atoms with E-state index < -0.39 is 0 Å². The number of rotatable bonds is 5. The van der Waals surface area contributed by atoms with Gasteiger partial charge in [-0.2, -0.15) is 0 Å². The molecule has 0 saturated heterocycles. The van der Waals surface area contributed by atoms with Crippen molar-refractivity contribution in [3.8, 4) is 0 Å². The van der Waals surface area contributed by atoms with Gasteiger partial charge in [-0.1, -0.05) is 18.6 Å². The van der Waals surface area contributed by atoms with Gasteiger partial charge in [0.25, 0.3) is 5.91 Å². The van der Waals surface area contributed by atoms with E-state index in [2.05, 4.69) is 22.9 Å². The lowest BCUT2D eigenvalue weighted by atomic mass is 9.85. The topological polar surface area (TPSA) is 34.0 Å². The molecule has 0 aliphatic heterocycles. The number of hydrogen-bond donors (Lipinski definition) is 1. The monoisotopic (exact) mass is 356 g/mol. The van der Waals surface area contributed by atoms with Gasteiger partial charge in [0.15, 0.2) is 0 Å². The fourth-order valence-electron chi connectivity index (χ4n) is 3.40. The molecule has 0 radical (unpaired) electrons. The Bertz CT molecular complexity index is 923. The summed E-state index contributed by atoms with van der Waals surface area (Å²) in [6.07, 6.45) is 3.78. The number of amides is 1. The summed E-state index contributed by atoms with van der Waals surface area (Å²) >= 11 is 1.72. The van der Waals surface area contributed by atoms with Crippen molar-refractivity contribution in [2.75, 3.05) is 0 Å². The molecule has 0 unspecified atom stereocenters. The highest BCUT2D eigenvalue weighted by Crippen LogP contribution is 2.33. The van der Waals surface area contributed by atoms with Crippen LogP contribution in [0.3, 0.4) is 0 Å². The van der Waals surface area contributed by atoms with Gasteiger partial charge in [0.2, 0.25) is 0 Å². The van der Waals surface area contributed by atoms with E-state index in [0.29, 0.717) is 18.2 Å². The summed E-state index contributed by atoms with van der Waals surface area (Å²) in [5.74, 6) is 0.298. The Hall–Kier alpha value is -2.14. The molecule has 3 aromatic rings. The zero-order valence-electron chi connectivity index (χ0n) is 14.2. The highest BCUT2D eigenvalue weighted by atomic mass is 32.1. The molecule has 130 valence electrons. The lowest BCUT2D eigenvalue weighted by Crippen LogP contribution is -2.27. The van der Waals surface area contributed by atoms with Gasteiger partial charge in [0.05, 0.1) is 10.2 Å². The molecule has 4 rings (SSSR count). The molecule has 1 aliphatic carbocycles. The second-order valence-corrected chi connectivity index (χ2v) is 8.14. The van der Waals surface area contributed by atoms with Crippen LogP contribution in [0.25, 0.3) is 10.2 Å². The largest absolute Gasteiger partial charge is 0.347 e. The first-order chi connectivity index (χ1) is 12.1. The Kier molecular flexibility index (Phi) is 4.34. The summed E-state index contributed by atoms with van der Waals surface area (Å²) in [5.41, 5.74) is 2.64. The van der Waals surface area contributed by atoms with Crippen LogP contribution in [0.2, 0.25) is 0 Å². The van der Waals surface area contributed by atoms with E-state index in [1.165, 1.54) is 36.3 Å². The molecule has 1 saturated carbocycles. The first-order valence-corrected chi connectivity index (χ1v) is 9.54. The van der Waals surface area contributed by atoms with E-state index in [1.807, 2.05) is 12.1 Å². The van der Waals surface area contributed by atoms with Crippen LogP contribution in [0.15, 0.2) is 36.4 Å². The normalized spacial score (nSPS) is 14.6. The summed E-state index contributed by atoms with van der Waals surface area (Å²) in [7, 11) is 0. The SMILES string of the molecule is Cc1cc2c(cc(C(=O)NCc3cccc(F)c3)n2CC2CCC2)s1. The van der Waals surface area contributed by atoms with Gasteiger partial charge < -0.3 is 9.88 Å². The molecule has 1 fully saturated rings. The van der Waals surface area contributed by atoms with Crippen molar-refractivity contribution in [1.82, 2.24) is 9.88 Å². The molecule has 3 nitrogen and oxygen atoms in total. The number of carbonyl (C=O) groups excluding carboxylic acids is 1. The summed E-state index contributed by atoms with van der Waals surface area (Å²) in [4.78, 5) is 14.0. The number of halogens is 1. The van der Waals surface area contributed by atoms with Crippen molar-refractivity contribution in [3.05, 3.63) is 58.3 Å². The van der Waals surface area contributed by atoms with E-state index >= 15 is 0 Å². The molecule has 0 spiro atoms. The number of fused-ring (bicyclic) bond motifs is 1. The lowest BCUT2D eigenvalue weighted by Gasteiger charge is -2.26. The molecule has 1 amide bonds. The number of aryl methyl sites for hydroxylation is 1. The summed E-state index contributed by atoms with van der Waals surface area (Å²) in [5, 5.41) is 2.94. The van der Waals surface area contributed by atoms with Crippen molar-refractivity contribution < 1.29 is 9.18 Å². The Morgan fingerprint density at radius 3 is 2.88 bits per heavy atom. The Morgan fingerprint density at radius 2 is 2.16 bits per heavy atom. The maximum Gasteiger partial charge on any atom is 0.268 e. The second-order valence-electron chi connectivity index (χ2n) is 6.86. The van der Waals surface area contributed by atoms with Crippen LogP contribution in [0.4, 0.5) is 4.39 Å². The minimum absolute atomic E-state index is 0.0929. The van der Waals surface area contributed by atoms with Crippen molar-refractivity contribution >= 4 is 27.5 Å². The van der Waals surface area contributed by atoms with Crippen LogP contribution in [0, 0.1) is 18.7 Å². The molecule has 25 heavy (non-hydrogen) atoms. The molecule has 2 heterocycles. The van der Waals surface area contributed by atoms with Crippen molar-refractivity contribution in [2.24, 2.45) is 5.92 Å². The summed E-state index contributed by atoms with van der Waals surface area (Å²) in [6, 6.07) is 10.5. The fourth-order valence-corrected chi connectivity index (χ4v) is 4.36. The Morgan fingerprint density at radius 1 is 1.32 bits per heavy atom. The standard InChI is InChI=1S/C20H21FN2OS/c1-13-8-17-19(25-13)10-18(23(17)12-14-4-2-5-14)20(24)22-11-15-6-3-7-16(21)9-15/h3,6-10,14H,2,4-5,11-12H2,1H3,(H,22,24). The highest BCUT2D eigenvalue weighted by molar-refractivity contribution is 7.19. The summed E-state index contributed by atoms with van der Waals surface area (Å²) < 4.78 is 16.6. The molecule has 1 aromatic carbocycles. The Balaban J connectivity index is 1.57. The van der Waals surface area contributed by atoms with Crippen molar-refractivity contribution in [2.45, 2.75) is 39.3 Å². The predicted molar refractivity (Wildman–Crippen MR) is 99.5 cm³/mol. The van der Waals surface area contributed by atoms with Gasteiger partial charge in [-0.05, 0) is 55.5 Å². The number of nitrogens with one attached hydrogen (secondary N) is 1. The number of hydrogen-bond acceptors (Lipinski definition) is 2. The molecule has 1 N–H and O–H groups in total. The molecule has 0 bridgehead atoms. The first kappa shape index (κ1) is 16.3. The molecule has 5 heteroatoms. The van der Waals surface area contributed by atoms with Gasteiger partial charge >= 0.3 is 0 Å². The highest BCUT2D eigenvalue weighted by Gasteiger charge is 2.23. The predicted octanol–water partition coefficient (Wildman–Crippen LogP) is 4.88. The fraction of sp³-hybridized carbons (Fsp3) is 0.350. The second kappa shape index (κ2) is 6.64. The zero-order chi connectivity index (χ0) is 17.4. The maximum absolute atomic E-state index is 13.3. The number of carbonyl (C=O) groups is 1. The average Bonchev–Trinajstić information content (AvgIpc) is 3.05.